The molecule has 0 saturated heterocycles. The lowest BCUT2D eigenvalue weighted by Gasteiger charge is -2.22. The fraction of sp³-hybridized carbons (Fsp3) is 0.625. The maximum atomic E-state index is 11.7. The molecule has 0 saturated carbocycles. The molecule has 126 valence electrons. The zero-order valence-electron chi connectivity index (χ0n) is 13.8. The first-order chi connectivity index (χ1) is 10.2. The number of aliphatic hydroxyl groups is 1. The lowest BCUT2D eigenvalue weighted by Crippen LogP contribution is -2.43. The quantitative estimate of drug-likeness (QED) is 0.530. The van der Waals surface area contributed by atoms with Crippen molar-refractivity contribution in [2.45, 2.75) is 57.8 Å². The Morgan fingerprint density at radius 2 is 1.95 bits per heavy atom. The third-order valence-electron chi connectivity index (χ3n) is 2.62. The van der Waals surface area contributed by atoms with Crippen LogP contribution in [0, 0.1) is 0 Å². The number of rotatable bonds is 8. The lowest BCUT2D eigenvalue weighted by molar-refractivity contribution is -0.143. The first-order valence-electron chi connectivity index (χ1n) is 7.22. The van der Waals surface area contributed by atoms with Crippen LogP contribution in [0.1, 0.15) is 40.0 Å². The van der Waals surface area contributed by atoms with Gasteiger partial charge in [0.2, 0.25) is 0 Å². The van der Waals surface area contributed by atoms with E-state index in [-0.39, 0.29) is 6.42 Å². The van der Waals surface area contributed by atoms with Crippen molar-refractivity contribution in [1.29, 1.82) is 0 Å². The van der Waals surface area contributed by atoms with Crippen LogP contribution in [0.4, 0.5) is 4.79 Å². The van der Waals surface area contributed by atoms with Crippen molar-refractivity contribution in [2.75, 3.05) is 7.11 Å². The van der Waals surface area contributed by atoms with Gasteiger partial charge in [0.1, 0.15) is 11.6 Å². The highest BCUT2D eigenvalue weighted by molar-refractivity contribution is 5.81. The number of allylic oxidation sites excluding steroid dienone is 1. The molecule has 0 aromatic rings. The van der Waals surface area contributed by atoms with Crippen LogP contribution in [0.2, 0.25) is 0 Å². The third kappa shape index (κ3) is 9.99. The van der Waals surface area contributed by atoms with Gasteiger partial charge in [-0.05, 0) is 40.0 Å². The van der Waals surface area contributed by atoms with Crippen LogP contribution in [-0.2, 0) is 14.3 Å². The Kier molecular flexibility index (Phi) is 9.17. The van der Waals surface area contributed by atoms with Crippen molar-refractivity contribution in [3.8, 4) is 0 Å². The van der Waals surface area contributed by atoms with Gasteiger partial charge in [0.25, 0.3) is 0 Å². The van der Waals surface area contributed by atoms with E-state index in [0.29, 0.717) is 12.8 Å². The summed E-state index contributed by atoms with van der Waals surface area (Å²) in [5.41, 5.74) is -0.637. The van der Waals surface area contributed by atoms with E-state index in [4.69, 9.17) is 4.74 Å². The molecule has 2 atom stereocenters. The number of esters is 1. The second-order valence-corrected chi connectivity index (χ2v) is 5.81. The van der Waals surface area contributed by atoms with Crippen molar-refractivity contribution >= 4 is 12.1 Å². The summed E-state index contributed by atoms with van der Waals surface area (Å²) in [6, 6.07) is -0.805. The summed E-state index contributed by atoms with van der Waals surface area (Å²) in [6.45, 7) is 8.71. The summed E-state index contributed by atoms with van der Waals surface area (Å²) >= 11 is 0. The third-order valence-corrected chi connectivity index (χ3v) is 2.62. The van der Waals surface area contributed by atoms with Crippen molar-refractivity contribution < 1.29 is 24.2 Å². The van der Waals surface area contributed by atoms with E-state index in [1.807, 2.05) is 6.08 Å². The molecule has 6 heteroatoms. The average molecular weight is 313 g/mol. The van der Waals surface area contributed by atoms with E-state index >= 15 is 0 Å². The number of hydrogen-bond donors (Lipinski definition) is 2. The van der Waals surface area contributed by atoms with Crippen molar-refractivity contribution in [2.24, 2.45) is 0 Å². The second-order valence-electron chi connectivity index (χ2n) is 5.81. The van der Waals surface area contributed by atoms with Crippen LogP contribution < -0.4 is 5.32 Å². The second kappa shape index (κ2) is 10.00. The molecule has 0 fully saturated rings. The molecule has 0 aliphatic rings. The summed E-state index contributed by atoms with van der Waals surface area (Å²) < 4.78 is 9.77. The number of hydrogen-bond acceptors (Lipinski definition) is 5. The molecule has 22 heavy (non-hydrogen) atoms. The van der Waals surface area contributed by atoms with E-state index in [1.54, 1.807) is 26.8 Å². The number of ether oxygens (including phenoxy) is 2. The predicted octanol–water partition coefficient (Wildman–Crippen LogP) is 2.33. The van der Waals surface area contributed by atoms with Crippen LogP contribution in [-0.4, -0.2) is 42.0 Å². The number of aliphatic hydroxyl groups excluding tert-OH is 1. The molecule has 0 unspecified atom stereocenters. The normalized spacial score (nSPS) is 14.2. The topological polar surface area (TPSA) is 84.9 Å². The lowest BCUT2D eigenvalue weighted by atomic mass is 10.1. The minimum Gasteiger partial charge on any atom is -0.467 e. The fourth-order valence-corrected chi connectivity index (χ4v) is 1.54. The average Bonchev–Trinajstić information content (AvgIpc) is 2.42. The molecule has 0 aromatic heterocycles. The van der Waals surface area contributed by atoms with Crippen LogP contribution in [0.3, 0.4) is 0 Å². The van der Waals surface area contributed by atoms with Crippen molar-refractivity contribution in [1.82, 2.24) is 5.32 Å². The first-order valence-corrected chi connectivity index (χ1v) is 7.22. The Morgan fingerprint density at radius 3 is 2.45 bits per heavy atom. The molecular weight excluding hydrogens is 286 g/mol. The number of alkyl carbamates (subject to hydrolysis) is 1. The zero-order valence-corrected chi connectivity index (χ0v) is 13.8. The van der Waals surface area contributed by atoms with Gasteiger partial charge in [0, 0.05) is 0 Å². The molecule has 0 spiro atoms. The summed E-state index contributed by atoms with van der Waals surface area (Å²) in [6.07, 6.45) is 5.34. The maximum Gasteiger partial charge on any atom is 0.408 e. The summed E-state index contributed by atoms with van der Waals surface area (Å²) in [5, 5.41) is 11.8. The van der Waals surface area contributed by atoms with E-state index in [9.17, 15) is 14.7 Å². The molecule has 0 heterocycles. The van der Waals surface area contributed by atoms with Gasteiger partial charge < -0.3 is 19.9 Å². The van der Waals surface area contributed by atoms with Crippen molar-refractivity contribution in [3.05, 3.63) is 24.8 Å². The number of carbonyl (C=O) groups is 2. The van der Waals surface area contributed by atoms with E-state index < -0.39 is 29.8 Å². The summed E-state index contributed by atoms with van der Waals surface area (Å²) in [7, 11) is 1.26. The molecule has 0 bridgehead atoms. The molecule has 0 rings (SSSR count). The van der Waals surface area contributed by atoms with Gasteiger partial charge in [-0.1, -0.05) is 18.2 Å². The SMILES string of the molecule is C=C[C@H](O)CC/C=C/C[C@H](NC(=O)OC(C)(C)C)C(=O)OC. The van der Waals surface area contributed by atoms with Crippen LogP contribution in [0.25, 0.3) is 0 Å². The molecule has 0 aromatic carbocycles. The van der Waals surface area contributed by atoms with Gasteiger partial charge in [0.15, 0.2) is 0 Å². The van der Waals surface area contributed by atoms with Gasteiger partial charge in [-0.2, -0.15) is 0 Å². The molecule has 0 aliphatic carbocycles. The zero-order chi connectivity index (χ0) is 17.2. The van der Waals surface area contributed by atoms with Gasteiger partial charge in [-0.15, -0.1) is 6.58 Å². The standard InChI is InChI=1S/C16H27NO5/c1-6-12(18)10-8-7-9-11-13(14(19)21-5)17-15(20)22-16(2,3)4/h6-7,9,12-13,18H,1,8,10-11H2,2-5H3,(H,17,20)/b9-7+/t12-,13-/m0/s1. The molecule has 0 radical (unpaired) electrons. The summed E-state index contributed by atoms with van der Waals surface area (Å²) in [4.78, 5) is 23.3. The van der Waals surface area contributed by atoms with Gasteiger partial charge in [0.05, 0.1) is 13.2 Å². The Balaban J connectivity index is 4.41. The molecule has 2 N–H and O–H groups in total. The number of nitrogens with one attached hydrogen (secondary N) is 1. The Bertz CT molecular complexity index is 398. The molecule has 6 nitrogen and oxygen atoms in total. The van der Waals surface area contributed by atoms with Crippen LogP contribution in [0.15, 0.2) is 24.8 Å². The highest BCUT2D eigenvalue weighted by Gasteiger charge is 2.23. The van der Waals surface area contributed by atoms with Crippen LogP contribution >= 0.6 is 0 Å². The van der Waals surface area contributed by atoms with E-state index in [1.165, 1.54) is 13.2 Å². The molecule has 0 aliphatic heterocycles. The van der Waals surface area contributed by atoms with Gasteiger partial charge in [-0.25, -0.2) is 9.59 Å². The Morgan fingerprint density at radius 1 is 1.32 bits per heavy atom. The number of carbonyl (C=O) groups excluding carboxylic acids is 2. The van der Waals surface area contributed by atoms with E-state index in [2.05, 4.69) is 16.6 Å². The largest absolute Gasteiger partial charge is 0.467 e. The number of amides is 1. The van der Waals surface area contributed by atoms with Gasteiger partial charge in [-0.3, -0.25) is 0 Å². The van der Waals surface area contributed by atoms with E-state index in [0.717, 1.165) is 0 Å². The Labute approximate surface area is 132 Å². The van der Waals surface area contributed by atoms with Crippen LogP contribution in [0.5, 0.6) is 0 Å². The first kappa shape index (κ1) is 20.2. The minimum absolute atomic E-state index is 0.288. The highest BCUT2D eigenvalue weighted by atomic mass is 16.6. The maximum absolute atomic E-state index is 11.7. The predicted molar refractivity (Wildman–Crippen MR) is 84.4 cm³/mol. The molecular formula is C16H27NO5. The Hall–Kier alpha value is -1.82. The smallest absolute Gasteiger partial charge is 0.408 e. The summed E-state index contributed by atoms with van der Waals surface area (Å²) in [5.74, 6) is -0.540. The fourth-order valence-electron chi connectivity index (χ4n) is 1.54. The molecule has 1 amide bonds. The van der Waals surface area contributed by atoms with Gasteiger partial charge >= 0.3 is 12.1 Å². The number of methoxy groups -OCH3 is 1. The highest BCUT2D eigenvalue weighted by Crippen LogP contribution is 2.08. The minimum atomic E-state index is -0.805. The van der Waals surface area contributed by atoms with Crippen molar-refractivity contribution in [3.63, 3.8) is 0 Å². The monoisotopic (exact) mass is 313 g/mol.